The third-order valence-electron chi connectivity index (χ3n) is 5.24. The third kappa shape index (κ3) is 6.68. The van der Waals surface area contributed by atoms with E-state index >= 15 is 0 Å². The van der Waals surface area contributed by atoms with Crippen molar-refractivity contribution in [2.45, 2.75) is 31.2 Å². The van der Waals surface area contributed by atoms with Gasteiger partial charge in [-0.25, -0.2) is 13.2 Å². The fraction of sp³-hybridized carbons (Fsp3) is 0.231. The molecule has 9 heteroatoms. The molecule has 0 aliphatic rings. The zero-order chi connectivity index (χ0) is 25.4. The van der Waals surface area contributed by atoms with Crippen molar-refractivity contribution in [3.05, 3.63) is 89.5 Å². The number of rotatable bonds is 10. The van der Waals surface area contributed by atoms with Crippen LogP contribution in [0.25, 0.3) is 0 Å². The Labute approximate surface area is 205 Å². The molecule has 35 heavy (non-hydrogen) atoms. The van der Waals surface area contributed by atoms with Crippen molar-refractivity contribution in [3.63, 3.8) is 0 Å². The predicted octanol–water partition coefficient (Wildman–Crippen LogP) is 3.71. The number of esters is 1. The van der Waals surface area contributed by atoms with Gasteiger partial charge in [0.2, 0.25) is 15.9 Å². The summed E-state index contributed by atoms with van der Waals surface area (Å²) in [5.41, 5.74) is 1.80. The molecule has 0 fully saturated rings. The number of nitrogens with one attached hydrogen (secondary N) is 2. The first-order valence-corrected chi connectivity index (χ1v) is 12.5. The van der Waals surface area contributed by atoms with Crippen molar-refractivity contribution in [2.75, 3.05) is 19.0 Å². The zero-order valence-electron chi connectivity index (χ0n) is 19.8. The molecule has 1 atom stereocenters. The maximum absolute atomic E-state index is 13.3. The molecule has 0 spiro atoms. The molecule has 0 radical (unpaired) electrons. The van der Waals surface area contributed by atoms with E-state index in [4.69, 9.17) is 9.47 Å². The quantitative estimate of drug-likeness (QED) is 0.414. The molecule has 2 N–H and O–H groups in total. The van der Waals surface area contributed by atoms with E-state index in [0.717, 1.165) is 5.56 Å². The summed E-state index contributed by atoms with van der Waals surface area (Å²) < 4.78 is 39.2. The third-order valence-corrected chi connectivity index (χ3v) is 6.71. The van der Waals surface area contributed by atoms with Crippen LogP contribution in [-0.4, -0.2) is 40.1 Å². The summed E-state index contributed by atoms with van der Waals surface area (Å²) in [5, 5.41) is 2.67. The summed E-state index contributed by atoms with van der Waals surface area (Å²) in [4.78, 5) is 25.4. The summed E-state index contributed by atoms with van der Waals surface area (Å²) in [6, 6.07) is 18.8. The molecule has 3 aromatic rings. The Hall–Kier alpha value is -3.69. The molecule has 8 nitrogen and oxygen atoms in total. The van der Waals surface area contributed by atoms with Crippen LogP contribution in [0.15, 0.2) is 77.7 Å². The van der Waals surface area contributed by atoms with Gasteiger partial charge in [-0.1, -0.05) is 42.5 Å². The molecule has 3 aromatic carbocycles. The Morgan fingerprint density at radius 3 is 2.31 bits per heavy atom. The van der Waals surface area contributed by atoms with E-state index in [1.165, 1.54) is 25.3 Å². The van der Waals surface area contributed by atoms with Crippen molar-refractivity contribution in [1.29, 1.82) is 0 Å². The SMILES string of the molecule is CCOc1ccc(S(=O)(=O)N[C@@H](Cc2ccccc2)C(=O)Nc2ccccc2C(=O)OC)cc1C. The summed E-state index contributed by atoms with van der Waals surface area (Å²) >= 11 is 0. The second kappa shape index (κ2) is 11.6. The minimum Gasteiger partial charge on any atom is -0.494 e. The van der Waals surface area contributed by atoms with Crippen molar-refractivity contribution in [3.8, 4) is 5.75 Å². The van der Waals surface area contributed by atoms with Gasteiger partial charge in [0.15, 0.2) is 0 Å². The molecule has 184 valence electrons. The first kappa shape index (κ1) is 25.9. The fourth-order valence-corrected chi connectivity index (χ4v) is 4.78. The van der Waals surface area contributed by atoms with Crippen LogP contribution in [0.1, 0.15) is 28.4 Å². The number of aryl methyl sites for hydroxylation is 1. The van der Waals surface area contributed by atoms with Gasteiger partial charge in [-0.3, -0.25) is 4.79 Å². The Balaban J connectivity index is 1.91. The fourth-order valence-electron chi connectivity index (χ4n) is 3.50. The molecule has 1 amide bonds. The van der Waals surface area contributed by atoms with E-state index in [1.807, 2.05) is 13.0 Å². The molecular formula is C26H28N2O6S. The maximum atomic E-state index is 13.3. The molecule has 3 rings (SSSR count). The largest absolute Gasteiger partial charge is 0.494 e. The summed E-state index contributed by atoms with van der Waals surface area (Å²) in [6.45, 7) is 4.05. The Morgan fingerprint density at radius 1 is 0.971 bits per heavy atom. The van der Waals surface area contributed by atoms with Crippen LogP contribution in [0.5, 0.6) is 5.75 Å². The Morgan fingerprint density at radius 2 is 1.66 bits per heavy atom. The van der Waals surface area contributed by atoms with E-state index in [0.29, 0.717) is 17.9 Å². The summed E-state index contributed by atoms with van der Waals surface area (Å²) in [7, 11) is -2.82. The number of carbonyl (C=O) groups excluding carboxylic acids is 2. The van der Waals surface area contributed by atoms with Crippen molar-refractivity contribution >= 4 is 27.6 Å². The molecule has 0 heterocycles. The molecular weight excluding hydrogens is 468 g/mol. The van der Waals surface area contributed by atoms with E-state index in [2.05, 4.69) is 10.0 Å². The van der Waals surface area contributed by atoms with Gasteiger partial charge in [-0.05, 0) is 61.7 Å². The molecule has 0 aromatic heterocycles. The van der Waals surface area contributed by atoms with Gasteiger partial charge in [-0.2, -0.15) is 4.72 Å². The topological polar surface area (TPSA) is 111 Å². The standard InChI is InChI=1S/C26H28N2O6S/c1-4-34-24-15-14-20(16-18(24)2)35(31,32)28-23(17-19-10-6-5-7-11-19)25(29)27-22-13-9-8-12-21(22)26(30)33-3/h5-16,23,28H,4,17H2,1-3H3,(H,27,29)/t23-/m0/s1. The number of hydrogen-bond donors (Lipinski definition) is 2. The first-order valence-electron chi connectivity index (χ1n) is 11.0. The second-order valence-corrected chi connectivity index (χ2v) is 9.46. The highest BCUT2D eigenvalue weighted by Crippen LogP contribution is 2.23. The molecule has 0 unspecified atom stereocenters. The number of para-hydroxylation sites is 1. The number of carbonyl (C=O) groups is 2. The molecule has 0 saturated carbocycles. The molecule has 0 aliphatic heterocycles. The van der Waals surface area contributed by atoms with Crippen LogP contribution in [0, 0.1) is 6.92 Å². The van der Waals surface area contributed by atoms with E-state index in [1.54, 1.807) is 55.5 Å². The molecule has 0 saturated heterocycles. The number of hydrogen-bond acceptors (Lipinski definition) is 6. The summed E-state index contributed by atoms with van der Waals surface area (Å²) in [5.74, 6) is -0.646. The lowest BCUT2D eigenvalue weighted by molar-refractivity contribution is -0.117. The van der Waals surface area contributed by atoms with Gasteiger partial charge in [0.05, 0.1) is 29.9 Å². The normalized spacial score (nSPS) is 12.0. The van der Waals surface area contributed by atoms with Gasteiger partial charge in [-0.15, -0.1) is 0 Å². The predicted molar refractivity (Wildman–Crippen MR) is 133 cm³/mol. The number of sulfonamides is 1. The number of methoxy groups -OCH3 is 1. The number of ether oxygens (including phenoxy) is 2. The van der Waals surface area contributed by atoms with Crippen LogP contribution in [0.2, 0.25) is 0 Å². The Bertz CT molecular complexity index is 1290. The average molecular weight is 497 g/mol. The van der Waals surface area contributed by atoms with Crippen LogP contribution >= 0.6 is 0 Å². The van der Waals surface area contributed by atoms with Gasteiger partial charge >= 0.3 is 5.97 Å². The number of benzene rings is 3. The van der Waals surface area contributed by atoms with E-state index in [-0.39, 0.29) is 22.6 Å². The van der Waals surface area contributed by atoms with Crippen LogP contribution in [0.4, 0.5) is 5.69 Å². The van der Waals surface area contributed by atoms with Gasteiger partial charge < -0.3 is 14.8 Å². The zero-order valence-corrected chi connectivity index (χ0v) is 20.6. The Kier molecular flexibility index (Phi) is 8.62. The highest BCUT2D eigenvalue weighted by atomic mass is 32.2. The average Bonchev–Trinajstić information content (AvgIpc) is 2.85. The van der Waals surface area contributed by atoms with Crippen molar-refractivity contribution < 1.29 is 27.5 Å². The number of amides is 1. The van der Waals surface area contributed by atoms with Crippen molar-refractivity contribution in [2.24, 2.45) is 0 Å². The highest BCUT2D eigenvalue weighted by Gasteiger charge is 2.27. The minimum atomic E-state index is -4.06. The lowest BCUT2D eigenvalue weighted by Crippen LogP contribution is -2.45. The lowest BCUT2D eigenvalue weighted by atomic mass is 10.1. The van der Waals surface area contributed by atoms with E-state index < -0.39 is 27.9 Å². The van der Waals surface area contributed by atoms with Gasteiger partial charge in [0, 0.05) is 0 Å². The van der Waals surface area contributed by atoms with Crippen molar-refractivity contribution in [1.82, 2.24) is 4.72 Å². The maximum Gasteiger partial charge on any atom is 0.339 e. The minimum absolute atomic E-state index is 0.0132. The van der Waals surface area contributed by atoms with Crippen LogP contribution < -0.4 is 14.8 Å². The lowest BCUT2D eigenvalue weighted by Gasteiger charge is -2.20. The molecule has 0 bridgehead atoms. The second-order valence-electron chi connectivity index (χ2n) is 7.75. The van der Waals surface area contributed by atoms with Gasteiger partial charge in [0.25, 0.3) is 0 Å². The smallest absolute Gasteiger partial charge is 0.339 e. The first-order chi connectivity index (χ1) is 16.7. The monoisotopic (exact) mass is 496 g/mol. The van der Waals surface area contributed by atoms with Crippen LogP contribution in [-0.2, 0) is 26.0 Å². The van der Waals surface area contributed by atoms with E-state index in [9.17, 15) is 18.0 Å². The summed E-state index contributed by atoms with van der Waals surface area (Å²) in [6.07, 6.45) is 0.0995. The van der Waals surface area contributed by atoms with Gasteiger partial charge in [0.1, 0.15) is 11.8 Å². The number of anilines is 1. The highest BCUT2D eigenvalue weighted by molar-refractivity contribution is 7.89. The molecule has 0 aliphatic carbocycles. The van der Waals surface area contributed by atoms with Crippen LogP contribution in [0.3, 0.4) is 0 Å².